The zero-order valence-corrected chi connectivity index (χ0v) is 11.2. The van der Waals surface area contributed by atoms with E-state index < -0.39 is 11.6 Å². The van der Waals surface area contributed by atoms with Crippen LogP contribution in [0, 0.1) is 0 Å². The van der Waals surface area contributed by atoms with E-state index in [1.165, 1.54) is 20.3 Å². The molecule has 2 rings (SSSR count). The maximum Gasteiger partial charge on any atom is 0.340 e. The first-order valence-electron chi connectivity index (χ1n) is 5.70. The lowest BCUT2D eigenvalue weighted by atomic mass is 10.0. The summed E-state index contributed by atoms with van der Waals surface area (Å²) in [5.41, 5.74) is -0.509. The van der Waals surface area contributed by atoms with Crippen LogP contribution in [0.4, 0.5) is 5.69 Å². The number of ether oxygens (including phenoxy) is 3. The molecular formula is C13H15NO5. The van der Waals surface area contributed by atoms with E-state index in [9.17, 15) is 9.59 Å². The van der Waals surface area contributed by atoms with Crippen LogP contribution in [0.5, 0.6) is 11.5 Å². The predicted octanol–water partition coefficient (Wildman–Crippen LogP) is 1.59. The highest BCUT2D eigenvalue weighted by molar-refractivity contribution is 6.07. The molecule has 0 atom stereocenters. The molecule has 1 N–H and O–H groups in total. The Hall–Kier alpha value is -2.24. The molecule has 0 bridgehead atoms. The van der Waals surface area contributed by atoms with Crippen molar-refractivity contribution in [3.63, 3.8) is 0 Å². The van der Waals surface area contributed by atoms with Crippen molar-refractivity contribution in [2.45, 2.75) is 19.4 Å². The monoisotopic (exact) mass is 265 g/mol. The first-order valence-corrected chi connectivity index (χ1v) is 5.70. The standard InChI is InChI=1S/C13H15NO5/c1-13(2)12(16)14-10-8(11(15)18-4)5-7(17-3)6-9(10)19-13/h5-6H,1-4H3,(H,14,16). The Morgan fingerprint density at radius 3 is 2.58 bits per heavy atom. The molecule has 0 unspecified atom stereocenters. The average Bonchev–Trinajstić information content (AvgIpc) is 2.37. The molecule has 1 aromatic carbocycles. The minimum absolute atomic E-state index is 0.195. The SMILES string of the molecule is COC(=O)c1cc(OC)cc2c1NC(=O)C(C)(C)O2. The first-order chi connectivity index (χ1) is 8.89. The van der Waals surface area contributed by atoms with E-state index in [1.807, 2.05) is 0 Å². The predicted molar refractivity (Wildman–Crippen MR) is 67.7 cm³/mol. The summed E-state index contributed by atoms with van der Waals surface area (Å²) in [7, 11) is 2.75. The largest absolute Gasteiger partial charge is 0.497 e. The van der Waals surface area contributed by atoms with Gasteiger partial charge in [0.25, 0.3) is 5.91 Å². The summed E-state index contributed by atoms with van der Waals surface area (Å²) in [5.74, 6) is -0.0653. The van der Waals surface area contributed by atoms with Crippen molar-refractivity contribution in [1.29, 1.82) is 0 Å². The molecule has 1 amide bonds. The zero-order valence-electron chi connectivity index (χ0n) is 11.2. The van der Waals surface area contributed by atoms with Crippen LogP contribution >= 0.6 is 0 Å². The van der Waals surface area contributed by atoms with Crippen molar-refractivity contribution < 1.29 is 23.8 Å². The Morgan fingerprint density at radius 1 is 1.32 bits per heavy atom. The number of nitrogens with one attached hydrogen (secondary N) is 1. The van der Waals surface area contributed by atoms with Crippen LogP contribution < -0.4 is 14.8 Å². The highest BCUT2D eigenvalue weighted by Gasteiger charge is 2.37. The van der Waals surface area contributed by atoms with Crippen molar-refractivity contribution in [3.8, 4) is 11.5 Å². The average molecular weight is 265 g/mol. The van der Waals surface area contributed by atoms with Gasteiger partial charge < -0.3 is 19.5 Å². The van der Waals surface area contributed by atoms with Gasteiger partial charge in [-0.25, -0.2) is 4.79 Å². The van der Waals surface area contributed by atoms with Gasteiger partial charge in [0.1, 0.15) is 11.5 Å². The maximum atomic E-state index is 11.9. The van der Waals surface area contributed by atoms with Gasteiger partial charge in [-0.15, -0.1) is 0 Å². The van der Waals surface area contributed by atoms with Crippen molar-refractivity contribution in [2.75, 3.05) is 19.5 Å². The summed E-state index contributed by atoms with van der Waals surface area (Å²) >= 11 is 0. The van der Waals surface area contributed by atoms with Crippen molar-refractivity contribution in [2.24, 2.45) is 0 Å². The smallest absolute Gasteiger partial charge is 0.340 e. The van der Waals surface area contributed by atoms with Gasteiger partial charge in [0.2, 0.25) is 0 Å². The molecule has 0 saturated carbocycles. The highest BCUT2D eigenvalue weighted by Crippen LogP contribution is 2.39. The van der Waals surface area contributed by atoms with Crippen molar-refractivity contribution in [3.05, 3.63) is 17.7 Å². The quantitative estimate of drug-likeness (QED) is 0.822. The van der Waals surface area contributed by atoms with Gasteiger partial charge in [-0.2, -0.15) is 0 Å². The van der Waals surface area contributed by atoms with Gasteiger partial charge in [0.15, 0.2) is 5.60 Å². The van der Waals surface area contributed by atoms with E-state index in [0.29, 0.717) is 17.2 Å². The third-order valence-corrected chi connectivity index (χ3v) is 2.87. The summed E-state index contributed by atoms with van der Waals surface area (Å²) in [4.78, 5) is 23.6. The summed E-state index contributed by atoms with van der Waals surface area (Å²) < 4.78 is 15.4. The summed E-state index contributed by atoms with van der Waals surface area (Å²) in [6, 6.07) is 3.11. The molecule has 6 nitrogen and oxygen atoms in total. The van der Waals surface area contributed by atoms with Gasteiger partial charge in [-0.05, 0) is 19.9 Å². The van der Waals surface area contributed by atoms with Gasteiger partial charge in [0, 0.05) is 6.07 Å². The Labute approximate surface area is 110 Å². The molecular weight excluding hydrogens is 250 g/mol. The molecule has 0 aliphatic carbocycles. The number of hydrogen-bond donors (Lipinski definition) is 1. The molecule has 19 heavy (non-hydrogen) atoms. The highest BCUT2D eigenvalue weighted by atomic mass is 16.5. The molecule has 1 aliphatic heterocycles. The molecule has 1 heterocycles. The van der Waals surface area contributed by atoms with Gasteiger partial charge in [-0.3, -0.25) is 4.79 Å². The van der Waals surface area contributed by atoms with E-state index in [4.69, 9.17) is 9.47 Å². The second-order valence-electron chi connectivity index (χ2n) is 4.61. The van der Waals surface area contributed by atoms with Gasteiger partial charge >= 0.3 is 5.97 Å². The Kier molecular flexibility index (Phi) is 3.09. The zero-order chi connectivity index (χ0) is 14.2. The molecule has 0 aromatic heterocycles. The van der Waals surface area contributed by atoms with Gasteiger partial charge in [-0.1, -0.05) is 0 Å². The van der Waals surface area contributed by atoms with E-state index in [1.54, 1.807) is 19.9 Å². The summed E-state index contributed by atoms with van der Waals surface area (Å²) in [6.45, 7) is 3.28. The minimum atomic E-state index is -1.01. The van der Waals surface area contributed by atoms with E-state index in [-0.39, 0.29) is 11.5 Å². The van der Waals surface area contributed by atoms with Crippen LogP contribution in [-0.4, -0.2) is 31.7 Å². The molecule has 102 valence electrons. The number of carbonyl (C=O) groups is 2. The third-order valence-electron chi connectivity index (χ3n) is 2.87. The fourth-order valence-corrected chi connectivity index (χ4v) is 1.77. The van der Waals surface area contributed by atoms with Crippen LogP contribution in [0.25, 0.3) is 0 Å². The number of rotatable bonds is 2. The number of benzene rings is 1. The third kappa shape index (κ3) is 2.21. The molecule has 6 heteroatoms. The molecule has 0 spiro atoms. The molecule has 1 aromatic rings. The van der Waals surface area contributed by atoms with Gasteiger partial charge in [0.05, 0.1) is 25.5 Å². The van der Waals surface area contributed by atoms with Crippen LogP contribution in [0.3, 0.4) is 0 Å². The second-order valence-corrected chi connectivity index (χ2v) is 4.61. The first kappa shape index (κ1) is 13.2. The van der Waals surface area contributed by atoms with E-state index in [2.05, 4.69) is 10.1 Å². The van der Waals surface area contributed by atoms with E-state index in [0.717, 1.165) is 0 Å². The number of fused-ring (bicyclic) bond motifs is 1. The lowest BCUT2D eigenvalue weighted by Gasteiger charge is -2.32. The number of esters is 1. The number of carbonyl (C=O) groups excluding carboxylic acids is 2. The van der Waals surface area contributed by atoms with Crippen LogP contribution in [0.1, 0.15) is 24.2 Å². The molecule has 0 saturated heterocycles. The number of methoxy groups -OCH3 is 2. The number of amides is 1. The Bertz CT molecular complexity index is 550. The van der Waals surface area contributed by atoms with Crippen LogP contribution in [0.15, 0.2) is 12.1 Å². The number of anilines is 1. The Morgan fingerprint density at radius 2 is 2.00 bits per heavy atom. The fraction of sp³-hybridized carbons (Fsp3) is 0.385. The molecule has 0 fully saturated rings. The second kappa shape index (κ2) is 4.46. The van der Waals surface area contributed by atoms with Crippen molar-refractivity contribution >= 4 is 17.6 Å². The molecule has 1 aliphatic rings. The van der Waals surface area contributed by atoms with E-state index >= 15 is 0 Å². The lowest BCUT2D eigenvalue weighted by Crippen LogP contribution is -2.46. The Balaban J connectivity index is 2.59. The number of hydrogen-bond acceptors (Lipinski definition) is 5. The van der Waals surface area contributed by atoms with Crippen LogP contribution in [0.2, 0.25) is 0 Å². The maximum absolute atomic E-state index is 11.9. The normalized spacial score (nSPS) is 15.9. The topological polar surface area (TPSA) is 73.9 Å². The van der Waals surface area contributed by atoms with Crippen molar-refractivity contribution in [1.82, 2.24) is 0 Å². The summed E-state index contributed by atoms with van der Waals surface area (Å²) in [5, 5.41) is 2.66. The fourth-order valence-electron chi connectivity index (χ4n) is 1.77. The summed E-state index contributed by atoms with van der Waals surface area (Å²) in [6.07, 6.45) is 0. The minimum Gasteiger partial charge on any atom is -0.497 e. The molecule has 0 radical (unpaired) electrons. The van der Waals surface area contributed by atoms with Crippen LogP contribution in [-0.2, 0) is 9.53 Å². The lowest BCUT2D eigenvalue weighted by molar-refractivity contribution is -0.129.